The molecule has 0 aliphatic carbocycles. The van der Waals surface area contributed by atoms with E-state index in [0.717, 1.165) is 30.2 Å². The minimum absolute atomic E-state index is 0.110. The lowest BCUT2D eigenvalue weighted by Crippen LogP contribution is -2.32. The van der Waals surface area contributed by atoms with Crippen LogP contribution < -0.4 is 15.5 Å². The molecule has 1 aliphatic heterocycles. The largest absolute Gasteiger partial charge is 0.370 e. The van der Waals surface area contributed by atoms with E-state index >= 15 is 0 Å². The molecule has 2 N–H and O–H groups in total. The lowest BCUT2D eigenvalue weighted by Gasteiger charge is -2.28. The SMILES string of the molecule is O=C(CSCC(=O)Nc1ccc(F)cc1)NCc1ccc(N2CCSCC2)cc1. The van der Waals surface area contributed by atoms with Crippen LogP contribution in [0, 0.1) is 5.82 Å². The molecule has 2 aromatic rings. The number of thioether (sulfide) groups is 2. The van der Waals surface area contributed by atoms with E-state index in [9.17, 15) is 14.0 Å². The summed E-state index contributed by atoms with van der Waals surface area (Å²) < 4.78 is 12.9. The van der Waals surface area contributed by atoms with Gasteiger partial charge in [-0.1, -0.05) is 12.1 Å². The van der Waals surface area contributed by atoms with Crippen molar-refractivity contribution in [2.75, 3.05) is 46.3 Å². The van der Waals surface area contributed by atoms with E-state index in [2.05, 4.69) is 27.7 Å². The van der Waals surface area contributed by atoms with E-state index < -0.39 is 0 Å². The number of anilines is 2. The van der Waals surface area contributed by atoms with Gasteiger partial charge in [0.1, 0.15) is 5.82 Å². The topological polar surface area (TPSA) is 61.4 Å². The fraction of sp³-hybridized carbons (Fsp3) is 0.333. The number of rotatable bonds is 8. The summed E-state index contributed by atoms with van der Waals surface area (Å²) in [6, 6.07) is 13.9. The number of nitrogens with one attached hydrogen (secondary N) is 2. The van der Waals surface area contributed by atoms with E-state index in [0.29, 0.717) is 12.2 Å². The Kier molecular flexibility index (Phi) is 8.25. The molecular weight excluding hydrogens is 409 g/mol. The molecule has 0 atom stereocenters. The van der Waals surface area contributed by atoms with Crippen molar-refractivity contribution < 1.29 is 14.0 Å². The lowest BCUT2D eigenvalue weighted by atomic mass is 10.2. The number of nitrogens with zero attached hydrogens (tertiary/aromatic N) is 1. The molecule has 3 rings (SSSR count). The number of hydrogen-bond acceptors (Lipinski definition) is 5. The molecule has 29 heavy (non-hydrogen) atoms. The first-order valence-corrected chi connectivity index (χ1v) is 11.7. The van der Waals surface area contributed by atoms with Gasteiger partial charge in [0, 0.05) is 42.5 Å². The molecular formula is C21H24FN3O2S2. The summed E-state index contributed by atoms with van der Waals surface area (Å²) in [7, 11) is 0. The van der Waals surface area contributed by atoms with E-state index in [1.807, 2.05) is 23.9 Å². The summed E-state index contributed by atoms with van der Waals surface area (Å²) in [6.45, 7) is 2.62. The molecule has 0 spiro atoms. The summed E-state index contributed by atoms with van der Waals surface area (Å²) in [5, 5.41) is 5.55. The van der Waals surface area contributed by atoms with Crippen LogP contribution in [0.4, 0.5) is 15.8 Å². The molecule has 2 aromatic carbocycles. The predicted molar refractivity (Wildman–Crippen MR) is 120 cm³/mol. The maximum atomic E-state index is 12.9. The van der Waals surface area contributed by atoms with Gasteiger partial charge in [-0.3, -0.25) is 9.59 Å². The zero-order chi connectivity index (χ0) is 20.5. The third-order valence-corrected chi connectivity index (χ3v) is 6.27. The minimum atomic E-state index is -0.353. The Morgan fingerprint density at radius 1 is 0.966 bits per heavy atom. The Labute approximate surface area is 178 Å². The molecule has 1 heterocycles. The van der Waals surface area contributed by atoms with Gasteiger partial charge in [-0.05, 0) is 42.0 Å². The molecule has 0 radical (unpaired) electrons. The second-order valence-electron chi connectivity index (χ2n) is 6.59. The first kappa shape index (κ1) is 21.5. The third-order valence-electron chi connectivity index (χ3n) is 4.40. The maximum absolute atomic E-state index is 12.9. The number of hydrogen-bond donors (Lipinski definition) is 2. The number of carbonyl (C=O) groups is 2. The molecule has 0 unspecified atom stereocenters. The van der Waals surface area contributed by atoms with Crippen molar-refractivity contribution in [3.8, 4) is 0 Å². The van der Waals surface area contributed by atoms with Gasteiger partial charge >= 0.3 is 0 Å². The summed E-state index contributed by atoms with van der Waals surface area (Å²) in [5.74, 6) is 2.01. The van der Waals surface area contributed by atoms with Crippen molar-refractivity contribution in [1.29, 1.82) is 0 Å². The lowest BCUT2D eigenvalue weighted by molar-refractivity contribution is -0.118. The van der Waals surface area contributed by atoms with Gasteiger partial charge in [-0.2, -0.15) is 11.8 Å². The van der Waals surface area contributed by atoms with Gasteiger partial charge < -0.3 is 15.5 Å². The molecule has 0 saturated carbocycles. The molecule has 8 heteroatoms. The number of carbonyl (C=O) groups excluding carboxylic acids is 2. The highest BCUT2D eigenvalue weighted by Gasteiger charge is 2.11. The van der Waals surface area contributed by atoms with Crippen LogP contribution >= 0.6 is 23.5 Å². The Morgan fingerprint density at radius 2 is 1.62 bits per heavy atom. The molecule has 0 aromatic heterocycles. The minimum Gasteiger partial charge on any atom is -0.370 e. The second kappa shape index (κ2) is 11.1. The van der Waals surface area contributed by atoms with Gasteiger partial charge in [-0.25, -0.2) is 4.39 Å². The van der Waals surface area contributed by atoms with Gasteiger partial charge in [0.25, 0.3) is 0 Å². The van der Waals surface area contributed by atoms with Crippen molar-refractivity contribution in [2.45, 2.75) is 6.54 Å². The van der Waals surface area contributed by atoms with Crippen LogP contribution in [0.1, 0.15) is 5.56 Å². The zero-order valence-electron chi connectivity index (χ0n) is 16.0. The Hall–Kier alpha value is -2.19. The van der Waals surface area contributed by atoms with Crippen LogP contribution in [0.15, 0.2) is 48.5 Å². The van der Waals surface area contributed by atoms with Crippen LogP contribution in [0.25, 0.3) is 0 Å². The zero-order valence-corrected chi connectivity index (χ0v) is 17.7. The second-order valence-corrected chi connectivity index (χ2v) is 8.80. The van der Waals surface area contributed by atoms with Crippen molar-refractivity contribution in [3.63, 3.8) is 0 Å². The molecule has 5 nitrogen and oxygen atoms in total. The highest BCUT2D eigenvalue weighted by molar-refractivity contribution is 8.00. The van der Waals surface area contributed by atoms with Gasteiger partial charge in [-0.15, -0.1) is 11.8 Å². The van der Waals surface area contributed by atoms with E-state index in [4.69, 9.17) is 0 Å². The van der Waals surface area contributed by atoms with Crippen LogP contribution in [0.5, 0.6) is 0 Å². The summed E-state index contributed by atoms with van der Waals surface area (Å²) in [4.78, 5) is 26.2. The molecule has 1 aliphatic rings. The predicted octanol–water partition coefficient (Wildman–Crippen LogP) is 3.37. The summed E-state index contributed by atoms with van der Waals surface area (Å²) >= 11 is 3.23. The molecule has 1 fully saturated rings. The summed E-state index contributed by atoms with van der Waals surface area (Å²) in [5.41, 5.74) is 2.81. The number of amides is 2. The number of halogens is 1. The quantitative estimate of drug-likeness (QED) is 0.669. The average Bonchev–Trinajstić information content (AvgIpc) is 2.75. The van der Waals surface area contributed by atoms with Crippen LogP contribution in [0.3, 0.4) is 0 Å². The molecule has 1 saturated heterocycles. The Morgan fingerprint density at radius 3 is 2.31 bits per heavy atom. The smallest absolute Gasteiger partial charge is 0.234 e. The van der Waals surface area contributed by atoms with Crippen LogP contribution in [0.2, 0.25) is 0 Å². The van der Waals surface area contributed by atoms with Crippen molar-refractivity contribution in [2.24, 2.45) is 0 Å². The Balaban J connectivity index is 1.33. The maximum Gasteiger partial charge on any atom is 0.234 e. The molecule has 154 valence electrons. The van der Waals surface area contributed by atoms with Crippen LogP contribution in [-0.4, -0.2) is 47.9 Å². The van der Waals surface area contributed by atoms with E-state index in [1.165, 1.54) is 41.7 Å². The summed E-state index contributed by atoms with van der Waals surface area (Å²) in [6.07, 6.45) is 0. The standard InChI is InChI=1S/C21H24FN3O2S2/c22-17-3-5-18(6-4-17)24-21(27)15-29-14-20(26)23-13-16-1-7-19(8-2-16)25-9-11-28-12-10-25/h1-8H,9-15H2,(H,23,26)(H,24,27). The van der Waals surface area contributed by atoms with E-state index in [1.54, 1.807) is 0 Å². The fourth-order valence-corrected chi connectivity index (χ4v) is 4.41. The Bertz CT molecular complexity index is 810. The van der Waals surface area contributed by atoms with Gasteiger partial charge in [0.15, 0.2) is 0 Å². The highest BCUT2D eigenvalue weighted by Crippen LogP contribution is 2.19. The average molecular weight is 434 g/mol. The van der Waals surface area contributed by atoms with Gasteiger partial charge in [0.2, 0.25) is 11.8 Å². The fourth-order valence-electron chi connectivity index (χ4n) is 2.86. The van der Waals surface area contributed by atoms with E-state index in [-0.39, 0.29) is 29.1 Å². The first-order valence-electron chi connectivity index (χ1n) is 9.41. The molecule has 2 amide bonds. The monoisotopic (exact) mass is 433 g/mol. The van der Waals surface area contributed by atoms with Crippen molar-refractivity contribution >= 4 is 46.7 Å². The van der Waals surface area contributed by atoms with Crippen LogP contribution in [-0.2, 0) is 16.1 Å². The first-order chi connectivity index (χ1) is 14.1. The van der Waals surface area contributed by atoms with Crippen molar-refractivity contribution in [3.05, 3.63) is 59.9 Å². The number of benzene rings is 2. The normalized spacial score (nSPS) is 13.8. The highest BCUT2D eigenvalue weighted by atomic mass is 32.2. The van der Waals surface area contributed by atoms with Gasteiger partial charge in [0.05, 0.1) is 11.5 Å². The third kappa shape index (κ3) is 7.29. The van der Waals surface area contributed by atoms with Crippen molar-refractivity contribution in [1.82, 2.24) is 5.32 Å². The molecule has 0 bridgehead atoms.